The third kappa shape index (κ3) is 3.45. The Balaban J connectivity index is 2.20. The largest absolute Gasteiger partial charge is 0.504 e. The first-order chi connectivity index (χ1) is 10.0. The predicted molar refractivity (Wildman–Crippen MR) is 74.4 cm³/mol. The molecule has 0 radical (unpaired) electrons. The second-order valence-electron chi connectivity index (χ2n) is 4.26. The number of methoxy groups -OCH3 is 1. The Morgan fingerprint density at radius 1 is 1.14 bits per heavy atom. The lowest BCUT2D eigenvalue weighted by Gasteiger charge is -2.03. The monoisotopic (exact) mass is 290 g/mol. The van der Waals surface area contributed by atoms with Gasteiger partial charge in [-0.3, -0.25) is 4.79 Å². The topological polar surface area (TPSA) is 46.5 Å². The molecule has 0 saturated carbocycles. The summed E-state index contributed by atoms with van der Waals surface area (Å²) >= 11 is 0. The van der Waals surface area contributed by atoms with Crippen molar-refractivity contribution in [2.75, 3.05) is 7.11 Å². The van der Waals surface area contributed by atoms with Crippen LogP contribution in [0.15, 0.2) is 42.5 Å². The molecule has 0 saturated heterocycles. The highest BCUT2D eigenvalue weighted by Crippen LogP contribution is 2.26. The van der Waals surface area contributed by atoms with Gasteiger partial charge in [-0.05, 0) is 42.0 Å². The first kappa shape index (κ1) is 14.7. The zero-order valence-electron chi connectivity index (χ0n) is 11.1. The molecule has 2 aromatic rings. The number of benzene rings is 2. The predicted octanol–water partition coefficient (Wildman–Crippen LogP) is 3.58. The van der Waals surface area contributed by atoms with E-state index < -0.39 is 17.4 Å². The lowest BCUT2D eigenvalue weighted by Crippen LogP contribution is -1.96. The normalized spacial score (nSPS) is 10.8. The maximum absolute atomic E-state index is 13.1. The molecule has 0 unspecified atom stereocenters. The molecule has 0 aliphatic carbocycles. The Morgan fingerprint density at radius 3 is 2.57 bits per heavy atom. The second kappa shape index (κ2) is 6.17. The average molecular weight is 290 g/mol. The summed E-state index contributed by atoms with van der Waals surface area (Å²) in [7, 11) is 1.41. The molecule has 21 heavy (non-hydrogen) atoms. The van der Waals surface area contributed by atoms with Crippen LogP contribution in [-0.2, 0) is 0 Å². The Morgan fingerprint density at radius 2 is 1.90 bits per heavy atom. The zero-order chi connectivity index (χ0) is 15.4. The van der Waals surface area contributed by atoms with Gasteiger partial charge in [-0.25, -0.2) is 8.78 Å². The lowest BCUT2D eigenvalue weighted by molar-refractivity contribution is 0.104. The molecule has 0 aromatic heterocycles. The van der Waals surface area contributed by atoms with Crippen molar-refractivity contribution >= 4 is 11.9 Å². The Labute approximate surface area is 120 Å². The van der Waals surface area contributed by atoms with E-state index in [0.29, 0.717) is 5.56 Å². The van der Waals surface area contributed by atoms with Crippen LogP contribution in [0.1, 0.15) is 15.9 Å². The van der Waals surface area contributed by atoms with Crippen LogP contribution in [-0.4, -0.2) is 18.0 Å². The van der Waals surface area contributed by atoms with Crippen LogP contribution in [0.2, 0.25) is 0 Å². The molecule has 0 atom stereocenters. The van der Waals surface area contributed by atoms with Crippen LogP contribution in [0.25, 0.3) is 6.08 Å². The first-order valence-corrected chi connectivity index (χ1v) is 6.05. The van der Waals surface area contributed by atoms with Crippen molar-refractivity contribution in [3.63, 3.8) is 0 Å². The molecule has 0 bridgehead atoms. The molecule has 0 aliphatic rings. The van der Waals surface area contributed by atoms with E-state index in [2.05, 4.69) is 0 Å². The molecule has 1 N–H and O–H groups in total. The van der Waals surface area contributed by atoms with E-state index in [4.69, 9.17) is 4.74 Å². The van der Waals surface area contributed by atoms with Gasteiger partial charge in [0.15, 0.2) is 28.9 Å². The number of hydrogen-bond donors (Lipinski definition) is 1. The zero-order valence-corrected chi connectivity index (χ0v) is 11.1. The number of ether oxygens (including phenoxy) is 1. The van der Waals surface area contributed by atoms with Gasteiger partial charge in [-0.15, -0.1) is 0 Å². The number of rotatable bonds is 4. The fourth-order valence-corrected chi connectivity index (χ4v) is 1.72. The molecule has 0 aliphatic heterocycles. The molecule has 108 valence electrons. The number of allylic oxidation sites excluding steroid dienone is 1. The van der Waals surface area contributed by atoms with E-state index in [9.17, 15) is 18.7 Å². The average Bonchev–Trinajstić information content (AvgIpc) is 2.48. The van der Waals surface area contributed by atoms with E-state index in [0.717, 1.165) is 12.1 Å². The molecule has 2 rings (SSSR count). The number of phenols is 1. The number of halogens is 2. The highest BCUT2D eigenvalue weighted by Gasteiger charge is 2.07. The van der Waals surface area contributed by atoms with Crippen molar-refractivity contribution in [1.29, 1.82) is 0 Å². The molecular weight excluding hydrogens is 278 g/mol. The highest BCUT2D eigenvalue weighted by atomic mass is 19.2. The Hall–Kier alpha value is -2.69. The van der Waals surface area contributed by atoms with E-state index >= 15 is 0 Å². The van der Waals surface area contributed by atoms with Gasteiger partial charge in [0.05, 0.1) is 7.11 Å². The van der Waals surface area contributed by atoms with Gasteiger partial charge in [0.2, 0.25) is 0 Å². The second-order valence-corrected chi connectivity index (χ2v) is 4.26. The summed E-state index contributed by atoms with van der Waals surface area (Å²) in [5.41, 5.74) is 0.677. The molecule has 0 fully saturated rings. The summed E-state index contributed by atoms with van der Waals surface area (Å²) in [6, 6.07) is 7.53. The number of hydrogen-bond acceptors (Lipinski definition) is 3. The molecular formula is C16H12F2O3. The number of phenolic OH excluding ortho intramolecular Hbond substituents is 1. The van der Waals surface area contributed by atoms with E-state index in [1.165, 1.54) is 31.4 Å². The quantitative estimate of drug-likeness (QED) is 0.691. The Bertz CT molecular complexity index is 709. The third-order valence-corrected chi connectivity index (χ3v) is 2.84. The minimum atomic E-state index is -1.07. The lowest BCUT2D eigenvalue weighted by atomic mass is 10.1. The van der Waals surface area contributed by atoms with Crippen LogP contribution in [0, 0.1) is 11.6 Å². The summed E-state index contributed by atoms with van der Waals surface area (Å²) in [5.74, 6) is -2.26. The fourth-order valence-electron chi connectivity index (χ4n) is 1.72. The number of aromatic hydroxyl groups is 1. The van der Waals surface area contributed by atoms with Gasteiger partial charge < -0.3 is 9.84 Å². The first-order valence-electron chi connectivity index (χ1n) is 6.05. The van der Waals surface area contributed by atoms with Crippen molar-refractivity contribution in [2.45, 2.75) is 0 Å². The van der Waals surface area contributed by atoms with Gasteiger partial charge in [0.1, 0.15) is 0 Å². The summed E-state index contributed by atoms with van der Waals surface area (Å²) in [4.78, 5) is 11.8. The SMILES string of the molecule is COc1cc(/C=C/C(=O)c2ccc(F)c(F)c2)ccc1O. The smallest absolute Gasteiger partial charge is 0.185 e. The third-order valence-electron chi connectivity index (χ3n) is 2.84. The fraction of sp³-hybridized carbons (Fsp3) is 0.0625. The standard InChI is InChI=1S/C16H12F2O3/c1-21-16-8-10(3-7-15(16)20)2-6-14(19)11-4-5-12(17)13(18)9-11/h2-9,20H,1H3/b6-2+. The van der Waals surface area contributed by atoms with Crippen molar-refractivity contribution in [3.05, 3.63) is 65.2 Å². The summed E-state index contributed by atoms with van der Waals surface area (Å²) in [5, 5.41) is 9.45. The minimum Gasteiger partial charge on any atom is -0.504 e. The summed E-state index contributed by atoms with van der Waals surface area (Å²) in [6.45, 7) is 0. The number of carbonyl (C=O) groups excluding carboxylic acids is 1. The number of carbonyl (C=O) groups is 1. The van der Waals surface area contributed by atoms with Gasteiger partial charge in [0, 0.05) is 5.56 Å². The summed E-state index contributed by atoms with van der Waals surface area (Å²) in [6.07, 6.45) is 2.73. The van der Waals surface area contributed by atoms with Crippen LogP contribution in [0.3, 0.4) is 0 Å². The highest BCUT2D eigenvalue weighted by molar-refractivity contribution is 6.06. The molecule has 5 heteroatoms. The maximum Gasteiger partial charge on any atom is 0.185 e. The van der Waals surface area contributed by atoms with Crippen molar-refractivity contribution in [1.82, 2.24) is 0 Å². The van der Waals surface area contributed by atoms with Crippen molar-refractivity contribution in [2.24, 2.45) is 0 Å². The van der Waals surface area contributed by atoms with E-state index in [-0.39, 0.29) is 17.1 Å². The van der Waals surface area contributed by atoms with E-state index in [1.54, 1.807) is 12.1 Å². The molecule has 0 heterocycles. The van der Waals surface area contributed by atoms with Crippen molar-refractivity contribution < 1.29 is 23.4 Å². The maximum atomic E-state index is 13.1. The molecule has 2 aromatic carbocycles. The van der Waals surface area contributed by atoms with Crippen LogP contribution < -0.4 is 4.74 Å². The van der Waals surface area contributed by atoms with Gasteiger partial charge in [-0.1, -0.05) is 12.1 Å². The van der Waals surface area contributed by atoms with Gasteiger partial charge in [0.25, 0.3) is 0 Å². The van der Waals surface area contributed by atoms with Gasteiger partial charge in [-0.2, -0.15) is 0 Å². The van der Waals surface area contributed by atoms with Crippen LogP contribution in [0.4, 0.5) is 8.78 Å². The minimum absolute atomic E-state index is 0.0124. The van der Waals surface area contributed by atoms with E-state index in [1.807, 2.05) is 0 Å². The van der Waals surface area contributed by atoms with Crippen LogP contribution >= 0.6 is 0 Å². The molecule has 0 amide bonds. The van der Waals surface area contributed by atoms with Crippen molar-refractivity contribution in [3.8, 4) is 11.5 Å². The van der Waals surface area contributed by atoms with Crippen LogP contribution in [0.5, 0.6) is 11.5 Å². The Kier molecular flexibility index (Phi) is 4.33. The number of ketones is 1. The molecule has 3 nitrogen and oxygen atoms in total. The summed E-state index contributed by atoms with van der Waals surface area (Å²) < 4.78 is 30.8. The van der Waals surface area contributed by atoms with Gasteiger partial charge >= 0.3 is 0 Å². The molecule has 0 spiro atoms.